The molecule has 0 saturated heterocycles. The standard InChI is InChI=1S/C14H22BrN3O2S/c1-4-16-13-12(7-11(15)8-17-13)21(19,20)18-9-14(5-6-14)10(2)3/h7-8,10,18H,4-6,9H2,1-3H3,(H,16,17). The van der Waals surface area contributed by atoms with Crippen LogP contribution in [0.25, 0.3) is 0 Å². The fourth-order valence-corrected chi connectivity index (χ4v) is 4.14. The molecule has 5 nitrogen and oxygen atoms in total. The van der Waals surface area contributed by atoms with E-state index >= 15 is 0 Å². The van der Waals surface area contributed by atoms with E-state index in [-0.39, 0.29) is 10.3 Å². The quantitative estimate of drug-likeness (QED) is 0.768. The molecule has 0 spiro atoms. The van der Waals surface area contributed by atoms with E-state index in [0.717, 1.165) is 12.8 Å². The lowest BCUT2D eigenvalue weighted by Crippen LogP contribution is -2.33. The van der Waals surface area contributed by atoms with Crippen molar-refractivity contribution in [1.82, 2.24) is 9.71 Å². The van der Waals surface area contributed by atoms with E-state index in [9.17, 15) is 8.42 Å². The first-order valence-electron chi connectivity index (χ1n) is 7.20. The van der Waals surface area contributed by atoms with Gasteiger partial charge in [0.1, 0.15) is 10.7 Å². The summed E-state index contributed by atoms with van der Waals surface area (Å²) in [6.45, 7) is 7.31. The van der Waals surface area contributed by atoms with E-state index in [1.54, 1.807) is 12.3 Å². The first-order valence-corrected chi connectivity index (χ1v) is 9.47. The molecule has 1 aliphatic carbocycles. The van der Waals surface area contributed by atoms with Gasteiger partial charge in [0, 0.05) is 23.8 Å². The highest BCUT2D eigenvalue weighted by Gasteiger charge is 2.45. The van der Waals surface area contributed by atoms with E-state index < -0.39 is 10.0 Å². The van der Waals surface area contributed by atoms with Gasteiger partial charge in [0.15, 0.2) is 0 Å². The zero-order chi connectivity index (χ0) is 15.7. The Labute approximate surface area is 135 Å². The fraction of sp³-hybridized carbons (Fsp3) is 0.643. The number of nitrogens with zero attached hydrogens (tertiary/aromatic N) is 1. The van der Waals surface area contributed by atoms with Gasteiger partial charge in [0.2, 0.25) is 10.0 Å². The Morgan fingerprint density at radius 1 is 1.43 bits per heavy atom. The summed E-state index contributed by atoms with van der Waals surface area (Å²) in [5.74, 6) is 0.872. The maximum Gasteiger partial charge on any atom is 0.244 e. The number of nitrogens with one attached hydrogen (secondary N) is 2. The molecule has 2 rings (SSSR count). The Morgan fingerprint density at radius 2 is 2.10 bits per heavy atom. The third-order valence-corrected chi connectivity index (χ3v) is 6.03. The summed E-state index contributed by atoms with van der Waals surface area (Å²) < 4.78 is 28.5. The minimum Gasteiger partial charge on any atom is -0.369 e. The van der Waals surface area contributed by atoms with Crippen molar-refractivity contribution in [3.05, 3.63) is 16.7 Å². The average molecular weight is 376 g/mol. The highest BCUT2D eigenvalue weighted by molar-refractivity contribution is 9.10. The Kier molecular flexibility index (Phi) is 4.95. The molecule has 2 N–H and O–H groups in total. The molecule has 0 radical (unpaired) electrons. The lowest BCUT2D eigenvalue weighted by Gasteiger charge is -2.20. The molecular weight excluding hydrogens is 354 g/mol. The predicted molar refractivity (Wildman–Crippen MR) is 87.8 cm³/mol. The lowest BCUT2D eigenvalue weighted by molar-refractivity contribution is 0.357. The van der Waals surface area contributed by atoms with E-state index in [1.807, 2.05) is 6.92 Å². The number of halogens is 1. The van der Waals surface area contributed by atoms with Gasteiger partial charge in [0.05, 0.1) is 0 Å². The van der Waals surface area contributed by atoms with Crippen molar-refractivity contribution in [1.29, 1.82) is 0 Å². The molecule has 7 heteroatoms. The van der Waals surface area contributed by atoms with E-state index in [0.29, 0.717) is 29.3 Å². The number of pyridine rings is 1. The second-order valence-electron chi connectivity index (χ2n) is 5.87. The molecule has 0 aromatic carbocycles. The molecule has 1 aliphatic rings. The zero-order valence-corrected chi connectivity index (χ0v) is 15.0. The molecule has 21 heavy (non-hydrogen) atoms. The van der Waals surface area contributed by atoms with Crippen LogP contribution in [-0.4, -0.2) is 26.5 Å². The van der Waals surface area contributed by atoms with Crippen molar-refractivity contribution < 1.29 is 8.42 Å². The number of hydrogen-bond donors (Lipinski definition) is 2. The summed E-state index contributed by atoms with van der Waals surface area (Å²) in [4.78, 5) is 4.35. The Hall–Kier alpha value is -0.660. The molecule has 1 fully saturated rings. The third kappa shape index (κ3) is 3.76. The van der Waals surface area contributed by atoms with Crippen LogP contribution in [0, 0.1) is 11.3 Å². The predicted octanol–water partition coefficient (Wildman–Crippen LogP) is 2.99. The van der Waals surface area contributed by atoms with Gasteiger partial charge in [-0.3, -0.25) is 0 Å². The van der Waals surface area contributed by atoms with Crippen LogP contribution in [0.3, 0.4) is 0 Å². The van der Waals surface area contributed by atoms with Gasteiger partial charge in [-0.05, 0) is 53.1 Å². The average Bonchev–Trinajstić information content (AvgIpc) is 3.20. The number of hydrogen-bond acceptors (Lipinski definition) is 4. The molecular formula is C14H22BrN3O2S. The maximum atomic E-state index is 12.6. The molecule has 0 amide bonds. The van der Waals surface area contributed by atoms with Crippen molar-refractivity contribution in [3.63, 3.8) is 0 Å². The van der Waals surface area contributed by atoms with Crippen LogP contribution < -0.4 is 10.0 Å². The molecule has 1 heterocycles. The Balaban J connectivity index is 2.21. The van der Waals surface area contributed by atoms with Crippen LogP contribution in [0.5, 0.6) is 0 Å². The number of rotatable bonds is 7. The zero-order valence-electron chi connectivity index (χ0n) is 12.6. The summed E-state index contributed by atoms with van der Waals surface area (Å²) in [6.07, 6.45) is 3.77. The number of anilines is 1. The van der Waals surface area contributed by atoms with E-state index in [4.69, 9.17) is 0 Å². The van der Waals surface area contributed by atoms with Crippen LogP contribution in [0.1, 0.15) is 33.6 Å². The van der Waals surface area contributed by atoms with Gasteiger partial charge in [-0.1, -0.05) is 13.8 Å². The number of aromatic nitrogens is 1. The Morgan fingerprint density at radius 3 is 2.62 bits per heavy atom. The normalized spacial score (nSPS) is 17.0. The summed E-state index contributed by atoms with van der Waals surface area (Å²) in [7, 11) is -3.57. The molecule has 1 aromatic rings. The molecule has 0 unspecified atom stereocenters. The minimum atomic E-state index is -3.57. The first kappa shape index (κ1) is 16.7. The van der Waals surface area contributed by atoms with Crippen molar-refractivity contribution in [3.8, 4) is 0 Å². The summed E-state index contributed by atoms with van der Waals surface area (Å²) in [5.41, 5.74) is 0.130. The van der Waals surface area contributed by atoms with E-state index in [2.05, 4.69) is 44.8 Å². The van der Waals surface area contributed by atoms with Gasteiger partial charge < -0.3 is 5.32 Å². The first-order chi connectivity index (χ1) is 9.81. The summed E-state index contributed by atoms with van der Waals surface area (Å²) in [5, 5.41) is 2.99. The molecule has 0 aliphatic heterocycles. The van der Waals surface area contributed by atoms with Crippen LogP contribution in [0.2, 0.25) is 0 Å². The minimum absolute atomic E-state index is 0.130. The second kappa shape index (κ2) is 6.22. The van der Waals surface area contributed by atoms with Crippen LogP contribution in [0.15, 0.2) is 21.6 Å². The van der Waals surface area contributed by atoms with Crippen LogP contribution in [-0.2, 0) is 10.0 Å². The highest BCUT2D eigenvalue weighted by Crippen LogP contribution is 2.51. The third-order valence-electron chi connectivity index (χ3n) is 4.18. The smallest absolute Gasteiger partial charge is 0.244 e. The lowest BCUT2D eigenvalue weighted by atomic mass is 9.93. The van der Waals surface area contributed by atoms with Crippen molar-refractivity contribution in [2.75, 3.05) is 18.4 Å². The monoisotopic (exact) mass is 375 g/mol. The maximum absolute atomic E-state index is 12.6. The molecule has 1 aromatic heterocycles. The Bertz CT molecular complexity index is 613. The topological polar surface area (TPSA) is 71.1 Å². The van der Waals surface area contributed by atoms with Gasteiger partial charge in [-0.25, -0.2) is 18.1 Å². The van der Waals surface area contributed by atoms with Gasteiger partial charge >= 0.3 is 0 Å². The molecule has 0 bridgehead atoms. The van der Waals surface area contributed by atoms with Gasteiger partial charge in [-0.15, -0.1) is 0 Å². The fourth-order valence-electron chi connectivity index (χ4n) is 2.36. The van der Waals surface area contributed by atoms with Gasteiger partial charge in [-0.2, -0.15) is 0 Å². The number of sulfonamides is 1. The second-order valence-corrected chi connectivity index (χ2v) is 8.52. The molecule has 0 atom stereocenters. The van der Waals surface area contributed by atoms with Crippen LogP contribution >= 0.6 is 15.9 Å². The van der Waals surface area contributed by atoms with Crippen molar-refractivity contribution >= 4 is 31.8 Å². The molecule has 118 valence electrons. The van der Waals surface area contributed by atoms with Crippen LogP contribution in [0.4, 0.5) is 5.82 Å². The summed E-state index contributed by atoms with van der Waals surface area (Å²) in [6, 6.07) is 1.59. The van der Waals surface area contributed by atoms with E-state index in [1.165, 1.54) is 0 Å². The van der Waals surface area contributed by atoms with Crippen molar-refractivity contribution in [2.45, 2.75) is 38.5 Å². The largest absolute Gasteiger partial charge is 0.369 e. The molecule has 1 saturated carbocycles. The van der Waals surface area contributed by atoms with Crippen molar-refractivity contribution in [2.24, 2.45) is 11.3 Å². The highest BCUT2D eigenvalue weighted by atomic mass is 79.9. The summed E-state index contributed by atoms with van der Waals surface area (Å²) >= 11 is 3.28. The SMILES string of the molecule is CCNc1ncc(Br)cc1S(=O)(=O)NCC1(C(C)C)CC1. The van der Waals surface area contributed by atoms with Gasteiger partial charge in [0.25, 0.3) is 0 Å².